The number of nitrogens with zero attached hydrogens (tertiary/aromatic N) is 4. The molecule has 0 spiro atoms. The standard InChI is InChI=1S/C22H15F3N6O/c1-13(32)29-21-18(4-2-14-6-8-27-9-7-14)31-12-15(3-5-19(31)30-21)16-10-17(22(23,24)25)20(26)28-11-16/h3,5-12H,1H3,(H2,26,28)(H,29,32). The van der Waals surface area contributed by atoms with E-state index in [2.05, 4.69) is 32.1 Å². The van der Waals surface area contributed by atoms with Crippen LogP contribution in [0.1, 0.15) is 23.7 Å². The molecule has 4 aromatic rings. The predicted molar refractivity (Wildman–Crippen MR) is 112 cm³/mol. The first-order valence-corrected chi connectivity index (χ1v) is 9.27. The van der Waals surface area contributed by atoms with Crippen molar-refractivity contribution in [1.82, 2.24) is 19.4 Å². The molecule has 0 bridgehead atoms. The lowest BCUT2D eigenvalue weighted by Crippen LogP contribution is -2.10. The second-order valence-corrected chi connectivity index (χ2v) is 6.78. The maximum absolute atomic E-state index is 13.2. The number of carbonyl (C=O) groups is 1. The van der Waals surface area contributed by atoms with Gasteiger partial charge in [0.25, 0.3) is 0 Å². The molecular formula is C22H15F3N6O. The summed E-state index contributed by atoms with van der Waals surface area (Å²) in [6, 6.07) is 7.60. The van der Waals surface area contributed by atoms with E-state index < -0.39 is 17.6 Å². The van der Waals surface area contributed by atoms with Gasteiger partial charge in [-0.05, 0) is 36.3 Å². The lowest BCUT2D eigenvalue weighted by Gasteiger charge is -2.11. The number of halogens is 3. The maximum atomic E-state index is 13.2. The van der Waals surface area contributed by atoms with Crippen LogP contribution >= 0.6 is 0 Å². The highest BCUT2D eigenvalue weighted by molar-refractivity contribution is 5.89. The molecule has 10 heteroatoms. The lowest BCUT2D eigenvalue weighted by molar-refractivity contribution is -0.137. The Labute approximate surface area is 180 Å². The Kier molecular flexibility index (Phi) is 5.24. The van der Waals surface area contributed by atoms with Crippen molar-refractivity contribution >= 4 is 23.2 Å². The second kappa shape index (κ2) is 8.03. The van der Waals surface area contributed by atoms with Crippen LogP contribution in [0, 0.1) is 11.8 Å². The Balaban J connectivity index is 1.87. The molecule has 0 fully saturated rings. The highest BCUT2D eigenvalue weighted by Gasteiger charge is 2.34. The SMILES string of the molecule is CC(=O)Nc1nc2ccc(-c3cnc(N)c(C(F)(F)F)c3)cn2c1C#Cc1ccncc1. The van der Waals surface area contributed by atoms with Crippen LogP contribution in [0.5, 0.6) is 0 Å². The number of imidazole rings is 1. The molecule has 0 aliphatic rings. The van der Waals surface area contributed by atoms with E-state index in [-0.39, 0.29) is 17.3 Å². The van der Waals surface area contributed by atoms with Crippen molar-refractivity contribution in [3.8, 4) is 23.0 Å². The zero-order chi connectivity index (χ0) is 22.9. The number of hydrogen-bond donors (Lipinski definition) is 2. The van der Waals surface area contributed by atoms with E-state index in [1.807, 2.05) is 0 Å². The molecule has 0 saturated carbocycles. The third-order valence-corrected chi connectivity index (χ3v) is 4.48. The molecular weight excluding hydrogens is 421 g/mol. The minimum absolute atomic E-state index is 0.219. The van der Waals surface area contributed by atoms with Crippen LogP contribution < -0.4 is 11.1 Å². The van der Waals surface area contributed by atoms with Crippen LogP contribution in [0.3, 0.4) is 0 Å². The quantitative estimate of drug-likeness (QED) is 0.467. The molecule has 160 valence electrons. The van der Waals surface area contributed by atoms with Gasteiger partial charge in [-0.1, -0.05) is 5.92 Å². The van der Waals surface area contributed by atoms with Crippen LogP contribution in [-0.2, 0) is 11.0 Å². The van der Waals surface area contributed by atoms with Crippen molar-refractivity contribution in [2.24, 2.45) is 0 Å². The van der Waals surface area contributed by atoms with Crippen LogP contribution in [0.25, 0.3) is 16.8 Å². The number of rotatable bonds is 2. The number of amides is 1. The molecule has 4 aromatic heterocycles. The smallest absolute Gasteiger partial charge is 0.383 e. The maximum Gasteiger partial charge on any atom is 0.419 e. The predicted octanol–water partition coefficient (Wildman–Crippen LogP) is 3.75. The first kappa shape index (κ1) is 20.9. The van der Waals surface area contributed by atoms with Gasteiger partial charge in [0.05, 0.1) is 5.56 Å². The highest BCUT2D eigenvalue weighted by Crippen LogP contribution is 2.35. The topological polar surface area (TPSA) is 98.2 Å². The average Bonchev–Trinajstić information content (AvgIpc) is 3.08. The summed E-state index contributed by atoms with van der Waals surface area (Å²) in [5.74, 6) is 5.25. The molecule has 0 radical (unpaired) electrons. The van der Waals surface area contributed by atoms with E-state index >= 15 is 0 Å². The van der Waals surface area contributed by atoms with Gasteiger partial charge in [0.1, 0.15) is 17.2 Å². The molecule has 32 heavy (non-hydrogen) atoms. The fourth-order valence-corrected chi connectivity index (χ4v) is 3.02. The van der Waals surface area contributed by atoms with E-state index in [4.69, 9.17) is 5.73 Å². The Bertz CT molecular complexity index is 1380. The van der Waals surface area contributed by atoms with Crippen molar-refractivity contribution in [3.63, 3.8) is 0 Å². The van der Waals surface area contributed by atoms with Gasteiger partial charge in [0, 0.05) is 48.4 Å². The zero-order valence-corrected chi connectivity index (χ0v) is 16.6. The van der Waals surface area contributed by atoms with Gasteiger partial charge >= 0.3 is 6.18 Å². The normalized spacial score (nSPS) is 11.1. The third-order valence-electron chi connectivity index (χ3n) is 4.48. The summed E-state index contributed by atoms with van der Waals surface area (Å²) in [7, 11) is 0. The minimum atomic E-state index is -4.63. The number of alkyl halides is 3. The number of nitrogens with two attached hydrogens (primary N) is 1. The fraction of sp³-hybridized carbons (Fsp3) is 0.0909. The molecule has 4 heterocycles. The molecule has 7 nitrogen and oxygen atoms in total. The number of anilines is 2. The largest absolute Gasteiger partial charge is 0.419 e. The van der Waals surface area contributed by atoms with Crippen molar-refractivity contribution < 1.29 is 18.0 Å². The summed E-state index contributed by atoms with van der Waals surface area (Å²) in [6.07, 6.45) is 1.40. The van der Waals surface area contributed by atoms with E-state index in [1.165, 1.54) is 13.1 Å². The lowest BCUT2D eigenvalue weighted by atomic mass is 10.1. The molecule has 3 N–H and O–H groups in total. The van der Waals surface area contributed by atoms with Gasteiger partial charge in [-0.15, -0.1) is 0 Å². The van der Waals surface area contributed by atoms with Gasteiger partial charge < -0.3 is 11.1 Å². The Morgan fingerprint density at radius 1 is 1.12 bits per heavy atom. The molecule has 0 aromatic carbocycles. The average molecular weight is 436 g/mol. The van der Waals surface area contributed by atoms with E-state index in [9.17, 15) is 18.0 Å². The van der Waals surface area contributed by atoms with Gasteiger partial charge in [0.2, 0.25) is 5.91 Å². The van der Waals surface area contributed by atoms with Gasteiger partial charge in [-0.2, -0.15) is 13.2 Å². The van der Waals surface area contributed by atoms with E-state index in [0.717, 1.165) is 6.07 Å². The molecule has 0 saturated heterocycles. The van der Waals surface area contributed by atoms with Crippen molar-refractivity contribution in [2.75, 3.05) is 11.1 Å². The minimum Gasteiger partial charge on any atom is -0.383 e. The van der Waals surface area contributed by atoms with E-state index in [1.54, 1.807) is 47.3 Å². The third kappa shape index (κ3) is 4.22. The summed E-state index contributed by atoms with van der Waals surface area (Å²) in [5.41, 5.74) is 6.56. The second-order valence-electron chi connectivity index (χ2n) is 6.78. The molecule has 0 atom stereocenters. The van der Waals surface area contributed by atoms with Crippen LogP contribution in [-0.4, -0.2) is 25.3 Å². The fourth-order valence-electron chi connectivity index (χ4n) is 3.02. The van der Waals surface area contributed by atoms with Crippen molar-refractivity contribution in [3.05, 3.63) is 71.9 Å². The Morgan fingerprint density at radius 3 is 2.56 bits per heavy atom. The summed E-state index contributed by atoms with van der Waals surface area (Å²) < 4.78 is 41.3. The van der Waals surface area contributed by atoms with Gasteiger partial charge in [-0.25, -0.2) is 9.97 Å². The molecule has 1 amide bonds. The number of fused-ring (bicyclic) bond motifs is 1. The molecule has 0 unspecified atom stereocenters. The first-order valence-electron chi connectivity index (χ1n) is 9.27. The number of nitrogens with one attached hydrogen (secondary N) is 1. The molecule has 4 rings (SSSR count). The number of pyridine rings is 3. The van der Waals surface area contributed by atoms with Crippen molar-refractivity contribution in [1.29, 1.82) is 0 Å². The van der Waals surface area contributed by atoms with E-state index in [0.29, 0.717) is 22.5 Å². The van der Waals surface area contributed by atoms with Gasteiger partial charge in [0.15, 0.2) is 5.82 Å². The Hall–Kier alpha value is -4.39. The summed E-state index contributed by atoms with van der Waals surface area (Å²) in [6.45, 7) is 1.34. The zero-order valence-electron chi connectivity index (χ0n) is 16.6. The first-order chi connectivity index (χ1) is 15.2. The van der Waals surface area contributed by atoms with Crippen molar-refractivity contribution in [2.45, 2.75) is 13.1 Å². The summed E-state index contributed by atoms with van der Waals surface area (Å²) >= 11 is 0. The summed E-state index contributed by atoms with van der Waals surface area (Å²) in [5, 5.41) is 2.63. The molecule has 0 aliphatic heterocycles. The molecule has 0 aliphatic carbocycles. The monoisotopic (exact) mass is 436 g/mol. The number of hydrogen-bond acceptors (Lipinski definition) is 5. The number of carbonyl (C=O) groups excluding carboxylic acids is 1. The Morgan fingerprint density at radius 2 is 1.88 bits per heavy atom. The summed E-state index contributed by atoms with van der Waals surface area (Å²) in [4.78, 5) is 23.6. The number of nitrogen functional groups attached to an aromatic ring is 1. The van der Waals surface area contributed by atoms with Gasteiger partial charge in [-0.3, -0.25) is 14.2 Å². The van der Waals surface area contributed by atoms with Crippen LogP contribution in [0.15, 0.2) is 55.1 Å². The number of aromatic nitrogens is 4. The van der Waals surface area contributed by atoms with Crippen LogP contribution in [0.4, 0.5) is 24.8 Å². The van der Waals surface area contributed by atoms with Crippen LogP contribution in [0.2, 0.25) is 0 Å². The highest BCUT2D eigenvalue weighted by atomic mass is 19.4.